The number of amides is 3. The molecular formula is C27H31N7O4S. The highest BCUT2D eigenvalue weighted by atomic mass is 32.1. The van der Waals surface area contributed by atoms with Gasteiger partial charge in [-0.15, -0.1) is 11.3 Å². The van der Waals surface area contributed by atoms with Crippen molar-refractivity contribution in [3.63, 3.8) is 0 Å². The lowest BCUT2D eigenvalue weighted by molar-refractivity contribution is -0.116. The van der Waals surface area contributed by atoms with Crippen LogP contribution in [0.4, 0.5) is 15.5 Å². The van der Waals surface area contributed by atoms with Gasteiger partial charge < -0.3 is 20.3 Å². The number of carbonyl (C=O) groups excluding carboxylic acids is 3. The topological polar surface area (TPSA) is 128 Å². The van der Waals surface area contributed by atoms with E-state index in [0.29, 0.717) is 60.2 Å². The summed E-state index contributed by atoms with van der Waals surface area (Å²) in [5.74, 6) is -0.217. The Labute approximate surface area is 230 Å². The highest BCUT2D eigenvalue weighted by Gasteiger charge is 2.42. The van der Waals surface area contributed by atoms with E-state index in [1.54, 1.807) is 17.1 Å². The zero-order valence-corrected chi connectivity index (χ0v) is 22.4. The van der Waals surface area contributed by atoms with Crippen LogP contribution in [0.3, 0.4) is 0 Å². The number of ketones is 1. The van der Waals surface area contributed by atoms with Crippen molar-refractivity contribution >= 4 is 45.4 Å². The van der Waals surface area contributed by atoms with Crippen molar-refractivity contribution < 1.29 is 19.1 Å². The molecule has 0 spiro atoms. The number of rotatable bonds is 7. The number of Topliss-reactive ketones (excluding diaryl/α,β-unsaturated/α-hetero) is 1. The zero-order valence-electron chi connectivity index (χ0n) is 21.6. The van der Waals surface area contributed by atoms with Crippen LogP contribution in [-0.4, -0.2) is 73.6 Å². The fourth-order valence-electron chi connectivity index (χ4n) is 5.42. The first-order valence-corrected chi connectivity index (χ1v) is 14.2. The molecule has 4 heterocycles. The van der Waals surface area contributed by atoms with Crippen LogP contribution in [0.5, 0.6) is 0 Å². The van der Waals surface area contributed by atoms with E-state index in [4.69, 9.17) is 4.74 Å². The van der Waals surface area contributed by atoms with Crippen LogP contribution in [0.1, 0.15) is 52.5 Å². The van der Waals surface area contributed by atoms with Gasteiger partial charge in [0.1, 0.15) is 11.7 Å². The lowest BCUT2D eigenvalue weighted by Gasteiger charge is -2.27. The number of nitrogens with one attached hydrogen (secondary N) is 3. The normalized spacial score (nSPS) is 21.1. The van der Waals surface area contributed by atoms with Gasteiger partial charge in [0.2, 0.25) is 5.91 Å². The molecule has 2 fully saturated rings. The second kappa shape index (κ2) is 11.3. The summed E-state index contributed by atoms with van der Waals surface area (Å²) in [6, 6.07) is 8.15. The summed E-state index contributed by atoms with van der Waals surface area (Å²) in [5.41, 5.74) is 5.42. The van der Waals surface area contributed by atoms with Gasteiger partial charge in [-0.3, -0.25) is 15.0 Å². The van der Waals surface area contributed by atoms with Crippen molar-refractivity contribution in [1.82, 2.24) is 15.3 Å². The maximum atomic E-state index is 13.6. The van der Waals surface area contributed by atoms with E-state index >= 15 is 0 Å². The molecule has 11 nitrogen and oxygen atoms in total. The van der Waals surface area contributed by atoms with Gasteiger partial charge in [-0.2, -0.15) is 10.2 Å². The first-order chi connectivity index (χ1) is 19.1. The van der Waals surface area contributed by atoms with Crippen molar-refractivity contribution in [3.8, 4) is 0 Å². The molecule has 1 aromatic heterocycles. The number of hydrazine groups is 1. The van der Waals surface area contributed by atoms with Gasteiger partial charge in [0.05, 0.1) is 39.9 Å². The Hall–Kier alpha value is -3.45. The van der Waals surface area contributed by atoms with E-state index in [2.05, 4.69) is 31.2 Å². The first kappa shape index (κ1) is 25.8. The van der Waals surface area contributed by atoms with E-state index in [1.165, 1.54) is 30.6 Å². The number of likely N-dealkylation sites (tertiary alicyclic amines) is 1. The number of fused-ring (bicyclic) bond motifs is 3. The molecular weight excluding hydrogens is 518 g/mol. The van der Waals surface area contributed by atoms with Gasteiger partial charge >= 0.3 is 6.03 Å². The second-order valence-corrected chi connectivity index (χ2v) is 11.1. The zero-order chi connectivity index (χ0) is 26.8. The number of azo groups is 1. The van der Waals surface area contributed by atoms with E-state index in [9.17, 15) is 14.4 Å². The number of hydrogen-bond donors (Lipinski definition) is 3. The maximum absolute atomic E-state index is 13.6. The molecule has 1 aromatic carbocycles. The highest BCUT2D eigenvalue weighted by Crippen LogP contribution is 2.50. The van der Waals surface area contributed by atoms with Crippen LogP contribution in [0.15, 0.2) is 46.1 Å². The Morgan fingerprint density at radius 3 is 2.67 bits per heavy atom. The molecule has 39 heavy (non-hydrogen) atoms. The quantitative estimate of drug-likeness (QED) is 0.478. The third-order valence-electron chi connectivity index (χ3n) is 7.39. The largest absolute Gasteiger partial charge is 0.379 e. The number of ether oxygens (including phenoxy) is 1. The maximum Gasteiger partial charge on any atom is 0.333 e. The number of urea groups is 1. The van der Waals surface area contributed by atoms with Crippen molar-refractivity contribution in [2.75, 3.05) is 56.6 Å². The summed E-state index contributed by atoms with van der Waals surface area (Å²) in [4.78, 5) is 41.9. The standard InChI is InChI=1S/C27H31N7O4S/c35-20(9-12-33-10-2-1-3-11-33)29-21-8-7-19(39-21)25-23-24(30-31-25)17-5-4-6-18(22(17)26(23)36)28-27(37)32-34-13-15-38-16-14-34/h4-8,24H,1-3,9-16H2,(H,29,35)(H2,28,32,37). The van der Waals surface area contributed by atoms with Crippen molar-refractivity contribution in [2.45, 2.75) is 31.7 Å². The molecule has 12 heteroatoms. The second-order valence-electron chi connectivity index (χ2n) is 10.0. The van der Waals surface area contributed by atoms with E-state index < -0.39 is 12.1 Å². The minimum atomic E-state index is -0.503. The number of thiophene rings is 1. The van der Waals surface area contributed by atoms with Crippen LogP contribution in [0.25, 0.3) is 5.70 Å². The molecule has 0 bridgehead atoms. The summed E-state index contributed by atoms with van der Waals surface area (Å²) >= 11 is 1.38. The molecule has 3 aliphatic heterocycles. The summed E-state index contributed by atoms with van der Waals surface area (Å²) < 4.78 is 5.31. The van der Waals surface area contributed by atoms with Crippen LogP contribution >= 0.6 is 11.3 Å². The van der Waals surface area contributed by atoms with Gasteiger partial charge in [0.15, 0.2) is 5.78 Å². The molecule has 204 valence electrons. The van der Waals surface area contributed by atoms with Gasteiger partial charge in [0.25, 0.3) is 0 Å². The monoisotopic (exact) mass is 549 g/mol. The molecule has 2 saturated heterocycles. The number of morpholine rings is 1. The van der Waals surface area contributed by atoms with Gasteiger partial charge in [0, 0.05) is 26.1 Å². The number of nitrogens with zero attached hydrogens (tertiary/aromatic N) is 4. The Bertz CT molecular complexity index is 1340. The number of anilines is 2. The van der Waals surface area contributed by atoms with Gasteiger partial charge in [-0.25, -0.2) is 9.80 Å². The van der Waals surface area contributed by atoms with E-state index in [1.807, 2.05) is 18.2 Å². The van der Waals surface area contributed by atoms with Gasteiger partial charge in [-0.05, 0) is 49.7 Å². The summed E-state index contributed by atoms with van der Waals surface area (Å²) in [5, 5.41) is 17.1. The summed E-state index contributed by atoms with van der Waals surface area (Å²) in [6.07, 6.45) is 4.12. The smallest absolute Gasteiger partial charge is 0.333 e. The molecule has 0 saturated carbocycles. The first-order valence-electron chi connectivity index (χ1n) is 13.4. The van der Waals surface area contributed by atoms with Crippen molar-refractivity contribution in [2.24, 2.45) is 10.2 Å². The molecule has 4 aliphatic rings. The van der Waals surface area contributed by atoms with E-state index in [0.717, 1.165) is 30.1 Å². The fourth-order valence-corrected chi connectivity index (χ4v) is 6.34. The third-order valence-corrected chi connectivity index (χ3v) is 8.40. The molecule has 3 amide bonds. The van der Waals surface area contributed by atoms with Crippen LogP contribution in [0.2, 0.25) is 0 Å². The Balaban J connectivity index is 1.14. The lowest BCUT2D eigenvalue weighted by Crippen LogP contribution is -2.49. The average molecular weight is 550 g/mol. The lowest BCUT2D eigenvalue weighted by atomic mass is 10.1. The fraction of sp³-hybridized carbons (Fsp3) is 0.444. The van der Waals surface area contributed by atoms with Crippen LogP contribution < -0.4 is 16.1 Å². The molecule has 1 aliphatic carbocycles. The molecule has 1 atom stereocenters. The number of hydrogen-bond acceptors (Lipinski definition) is 9. The number of carbonyl (C=O) groups is 3. The Morgan fingerprint density at radius 1 is 1.03 bits per heavy atom. The van der Waals surface area contributed by atoms with E-state index in [-0.39, 0.29) is 11.7 Å². The minimum absolute atomic E-state index is 0.0204. The van der Waals surface area contributed by atoms with Crippen molar-refractivity contribution in [1.29, 1.82) is 0 Å². The number of benzene rings is 1. The van der Waals surface area contributed by atoms with Crippen molar-refractivity contribution in [3.05, 3.63) is 51.9 Å². The molecule has 3 N–H and O–H groups in total. The third kappa shape index (κ3) is 5.50. The molecule has 6 rings (SSSR count). The average Bonchev–Trinajstić information content (AvgIpc) is 3.66. The summed E-state index contributed by atoms with van der Waals surface area (Å²) in [7, 11) is 0. The predicted molar refractivity (Wildman–Crippen MR) is 148 cm³/mol. The summed E-state index contributed by atoms with van der Waals surface area (Å²) in [6.45, 7) is 5.19. The Morgan fingerprint density at radius 2 is 1.85 bits per heavy atom. The predicted octanol–water partition coefficient (Wildman–Crippen LogP) is 4.05. The molecule has 2 aromatic rings. The van der Waals surface area contributed by atoms with Crippen LogP contribution in [0, 0.1) is 0 Å². The SMILES string of the molecule is O=C(CCN1CCCCC1)Nc1ccc(C2=C3C(=O)c4c(NC(=O)NN5CCOCC5)cccc4C3N=N2)s1. The highest BCUT2D eigenvalue weighted by molar-refractivity contribution is 7.17. The minimum Gasteiger partial charge on any atom is -0.379 e. The molecule has 0 radical (unpaired) electrons. The molecule has 1 unspecified atom stereocenters. The Kier molecular flexibility index (Phi) is 7.51. The van der Waals surface area contributed by atoms with Crippen LogP contribution in [-0.2, 0) is 9.53 Å². The number of piperidine rings is 1. The van der Waals surface area contributed by atoms with Gasteiger partial charge in [-0.1, -0.05) is 18.6 Å².